The lowest BCUT2D eigenvalue weighted by Crippen LogP contribution is -2.43. The van der Waals surface area contributed by atoms with Gasteiger partial charge in [0, 0.05) is 82.5 Å². The monoisotopic (exact) mass is 743 g/mol. The molecule has 1 amide bonds. The average Bonchev–Trinajstić information content (AvgIpc) is 3.70. The third-order valence-corrected chi connectivity index (χ3v) is 11.6. The molecule has 1 saturated heterocycles. The molecule has 13 heteroatoms. The van der Waals surface area contributed by atoms with Crippen LogP contribution in [-0.4, -0.2) is 57.0 Å². The highest BCUT2D eigenvalue weighted by Gasteiger charge is 2.46. The van der Waals surface area contributed by atoms with Gasteiger partial charge in [-0.3, -0.25) is 9.69 Å². The molecule has 9 nitrogen and oxygen atoms in total. The van der Waals surface area contributed by atoms with Gasteiger partial charge in [-0.15, -0.1) is 11.3 Å². The van der Waals surface area contributed by atoms with Crippen LogP contribution < -0.4 is 20.4 Å². The number of anilines is 1. The number of aromatic nitrogens is 2. The summed E-state index contributed by atoms with van der Waals surface area (Å²) in [6.07, 6.45) is 1.69. The van der Waals surface area contributed by atoms with Gasteiger partial charge in [0.25, 0.3) is 0 Å². The van der Waals surface area contributed by atoms with Crippen LogP contribution in [0, 0.1) is 18.3 Å². The lowest BCUT2D eigenvalue weighted by molar-refractivity contribution is -0.126. The van der Waals surface area contributed by atoms with E-state index in [1.165, 1.54) is 16.9 Å². The number of likely N-dealkylation sites (tertiary alicyclic amines) is 1. The van der Waals surface area contributed by atoms with Crippen molar-refractivity contribution in [2.75, 3.05) is 18.4 Å². The van der Waals surface area contributed by atoms with E-state index in [-0.39, 0.29) is 22.9 Å². The van der Waals surface area contributed by atoms with E-state index in [2.05, 4.69) is 57.2 Å². The van der Waals surface area contributed by atoms with E-state index in [9.17, 15) is 28.3 Å². The van der Waals surface area contributed by atoms with E-state index in [0.29, 0.717) is 35.7 Å². The van der Waals surface area contributed by atoms with E-state index in [0.717, 1.165) is 70.3 Å². The van der Waals surface area contributed by atoms with Gasteiger partial charge >= 0.3 is 6.18 Å². The first-order valence-electron chi connectivity index (χ1n) is 17.7. The van der Waals surface area contributed by atoms with Gasteiger partial charge in [0.15, 0.2) is 0 Å². The minimum atomic E-state index is -4.27. The highest BCUT2D eigenvalue weighted by atomic mass is 32.1. The zero-order valence-corrected chi connectivity index (χ0v) is 31.2. The Bertz CT molecular complexity index is 2230. The number of alkyl halides is 3. The highest BCUT2D eigenvalue weighted by molar-refractivity contribution is 7.09. The Morgan fingerprint density at radius 1 is 1.21 bits per heavy atom. The average molecular weight is 744 g/mol. The van der Waals surface area contributed by atoms with Crippen molar-refractivity contribution >= 4 is 51.6 Å². The van der Waals surface area contributed by atoms with E-state index >= 15 is 0 Å². The van der Waals surface area contributed by atoms with Crippen LogP contribution in [0.4, 0.5) is 19.0 Å². The number of rotatable bonds is 10. The number of nitrogens with zero attached hydrogens (tertiary/aromatic N) is 5. The Morgan fingerprint density at radius 2 is 1.94 bits per heavy atom. The van der Waals surface area contributed by atoms with Crippen LogP contribution in [0.5, 0.6) is 0 Å². The fourth-order valence-corrected chi connectivity index (χ4v) is 8.64. The van der Waals surface area contributed by atoms with Crippen LogP contribution in [0.25, 0.3) is 22.3 Å². The molecule has 1 aliphatic carbocycles. The van der Waals surface area contributed by atoms with E-state index in [1.54, 1.807) is 37.5 Å². The minimum absolute atomic E-state index is 0.0810. The van der Waals surface area contributed by atoms with Gasteiger partial charge in [-0.25, -0.2) is 9.98 Å². The number of amides is 1. The zero-order valence-electron chi connectivity index (χ0n) is 30.3. The second-order valence-electron chi connectivity index (χ2n) is 14.2. The van der Waals surface area contributed by atoms with Crippen molar-refractivity contribution < 1.29 is 23.1 Å². The number of carbonyl (C=O) groups excluding carboxylic acids is 1. The lowest BCUT2D eigenvalue weighted by Gasteiger charge is -2.45. The van der Waals surface area contributed by atoms with Crippen molar-refractivity contribution in [3.8, 4) is 6.07 Å². The van der Waals surface area contributed by atoms with Gasteiger partial charge in [0.2, 0.25) is 5.91 Å². The summed E-state index contributed by atoms with van der Waals surface area (Å²) < 4.78 is 42.5. The van der Waals surface area contributed by atoms with Crippen molar-refractivity contribution in [1.29, 1.82) is 5.26 Å². The summed E-state index contributed by atoms with van der Waals surface area (Å²) in [5.41, 5.74) is 4.29. The molecule has 1 aliphatic heterocycles. The third kappa shape index (κ3) is 8.25. The van der Waals surface area contributed by atoms with E-state index < -0.39 is 18.2 Å². The summed E-state index contributed by atoms with van der Waals surface area (Å²) in [6, 6.07) is 13.6. The molecule has 0 atom stereocenters. The molecule has 1 saturated carbocycles. The number of piperidine rings is 1. The predicted octanol–water partition coefficient (Wildman–Crippen LogP) is 6.33. The zero-order chi connectivity index (χ0) is 38.1. The van der Waals surface area contributed by atoms with Gasteiger partial charge in [-0.2, -0.15) is 18.4 Å². The smallest absolute Gasteiger partial charge is 0.385 e. The summed E-state index contributed by atoms with van der Waals surface area (Å²) in [4.78, 5) is 23.2. The number of aliphatic hydroxyl groups is 1. The molecule has 278 valence electrons. The molecular formula is C40H44F3N7O2S. The maximum atomic E-state index is 13.2. The summed E-state index contributed by atoms with van der Waals surface area (Å²) in [5.74, 6) is 0.565. The van der Waals surface area contributed by atoms with Gasteiger partial charge in [0.05, 0.1) is 12.0 Å². The normalized spacial score (nSPS) is 20.2. The molecular weight excluding hydrogens is 700 g/mol. The third-order valence-electron chi connectivity index (χ3n) is 10.2. The van der Waals surface area contributed by atoms with Gasteiger partial charge in [0.1, 0.15) is 23.4 Å². The maximum Gasteiger partial charge on any atom is 0.393 e. The summed E-state index contributed by atoms with van der Waals surface area (Å²) in [5, 5.41) is 29.5. The largest absolute Gasteiger partial charge is 0.393 e. The Morgan fingerprint density at radius 3 is 2.58 bits per heavy atom. The molecule has 2 aliphatic rings. The summed E-state index contributed by atoms with van der Waals surface area (Å²) in [7, 11) is 0. The molecule has 4 heterocycles. The fourth-order valence-electron chi connectivity index (χ4n) is 7.50. The molecule has 6 rings (SSSR count). The number of pyridine rings is 1. The van der Waals surface area contributed by atoms with Crippen molar-refractivity contribution in [2.45, 2.75) is 90.2 Å². The molecule has 53 heavy (non-hydrogen) atoms. The number of hydrogen-bond donors (Lipinski definition) is 3. The molecule has 0 spiro atoms. The number of halogens is 3. The second-order valence-corrected chi connectivity index (χ2v) is 15.3. The van der Waals surface area contributed by atoms with Crippen molar-refractivity contribution in [3.63, 3.8) is 0 Å². The minimum Gasteiger partial charge on any atom is -0.385 e. The maximum absolute atomic E-state index is 13.2. The molecule has 0 bridgehead atoms. The van der Waals surface area contributed by atoms with E-state index in [4.69, 9.17) is 0 Å². The first-order valence-corrected chi connectivity index (χ1v) is 18.5. The number of benzene rings is 1. The first kappa shape index (κ1) is 38.0. The predicted molar refractivity (Wildman–Crippen MR) is 204 cm³/mol. The molecule has 3 aromatic heterocycles. The Kier molecular flexibility index (Phi) is 11.0. The standard InChI is InChI=1S/C40H44F3N7O2S/c1-6-36(51)48-35-16-27(10-13-46-35)39(52)19-30(20-39)50-29(22-44)17-32-25(5)26(8-9-34(32)50)23-49-14-11-28(12-15-49)47-38(45-7-2)33-18-31(21-40(41,42)43)53-37(33)24(3)4/h6-10,13,16-18,28,30,47,52H,1,11-12,14-15,19-21,23H2,2-5H3,(H,46,48,51)/b38-33+,45-7-. The number of hydrogen-bond acceptors (Lipinski definition) is 8. The van der Waals surface area contributed by atoms with Crippen LogP contribution in [0.1, 0.15) is 79.8 Å². The summed E-state index contributed by atoms with van der Waals surface area (Å²) >= 11 is 1.18. The Labute approximate surface area is 310 Å². The van der Waals surface area contributed by atoms with Crippen LogP contribution in [0.3, 0.4) is 0 Å². The van der Waals surface area contributed by atoms with Crippen LogP contribution in [0.15, 0.2) is 60.2 Å². The SMILES string of the molecule is C=CC(=O)Nc1cc(C2(O)CC(n3c(C#N)cc4c(C)c(CN5CCC(NC(/N=C\C)=c6\cc(CC(F)(F)F)sc6=C(C)C)CC5)ccc43)C2)ccn1. The number of aryl methyl sites for hydroxylation is 1. The van der Waals surface area contributed by atoms with Crippen LogP contribution in [0.2, 0.25) is 0 Å². The molecule has 4 aromatic rings. The molecule has 3 N–H and O–H groups in total. The van der Waals surface area contributed by atoms with Crippen molar-refractivity contribution in [2.24, 2.45) is 4.99 Å². The van der Waals surface area contributed by atoms with E-state index in [1.807, 2.05) is 24.5 Å². The van der Waals surface area contributed by atoms with Crippen molar-refractivity contribution in [3.05, 3.63) is 92.3 Å². The molecule has 0 unspecified atom stereocenters. The van der Waals surface area contributed by atoms with Gasteiger partial charge in [-0.1, -0.05) is 18.2 Å². The van der Waals surface area contributed by atoms with Crippen LogP contribution in [-0.2, 0) is 23.4 Å². The van der Waals surface area contributed by atoms with Gasteiger partial charge < -0.3 is 20.3 Å². The molecule has 0 radical (unpaired) electrons. The second kappa shape index (κ2) is 15.3. The fraction of sp³-hybridized carbons (Fsp3) is 0.400. The topological polar surface area (TPSA) is 119 Å². The number of nitriles is 1. The van der Waals surface area contributed by atoms with Gasteiger partial charge in [-0.05, 0) is 93.6 Å². The number of nitrogens with one attached hydrogen (secondary N) is 2. The Hall–Kier alpha value is -4.77. The number of aliphatic imine (C=N–C) groups is 1. The Balaban J connectivity index is 1.14. The molecule has 1 aromatic carbocycles. The van der Waals surface area contributed by atoms with Crippen LogP contribution >= 0.6 is 11.3 Å². The summed E-state index contributed by atoms with van der Waals surface area (Å²) in [6.45, 7) is 13.6. The first-order chi connectivity index (χ1) is 25.2. The highest BCUT2D eigenvalue weighted by Crippen LogP contribution is 2.50. The molecule has 2 fully saturated rings. The quantitative estimate of drug-likeness (QED) is 0.129. The lowest BCUT2D eigenvalue weighted by atomic mass is 9.71. The number of thiophene rings is 1. The van der Waals surface area contributed by atoms with Crippen molar-refractivity contribution in [1.82, 2.24) is 19.8 Å². The number of carbonyl (C=O) groups is 1. The number of fused-ring (bicyclic) bond motifs is 1.